The maximum absolute atomic E-state index is 14.3. The highest BCUT2D eigenvalue weighted by Crippen LogP contribution is 2.29. The minimum atomic E-state index is -0.617. The molecule has 6 rings (SSSR count). The van der Waals surface area contributed by atoms with Gasteiger partial charge in [-0.05, 0) is 106 Å². The zero-order chi connectivity index (χ0) is 33.3. The lowest BCUT2D eigenvalue weighted by Gasteiger charge is -2.29. The van der Waals surface area contributed by atoms with E-state index >= 15 is 0 Å². The zero-order valence-electron chi connectivity index (χ0n) is 27.3. The van der Waals surface area contributed by atoms with Crippen molar-refractivity contribution in [2.75, 3.05) is 32.7 Å². The molecule has 11 heteroatoms. The van der Waals surface area contributed by atoms with Crippen LogP contribution in [-0.4, -0.2) is 71.5 Å². The molecular formula is C37H43FN6O3S. The monoisotopic (exact) mass is 670 g/mol. The van der Waals surface area contributed by atoms with Gasteiger partial charge in [0.25, 0.3) is 11.8 Å². The van der Waals surface area contributed by atoms with Crippen molar-refractivity contribution in [3.63, 3.8) is 0 Å². The third-order valence-electron chi connectivity index (χ3n) is 9.02. The number of rotatable bonds is 11. The first-order chi connectivity index (χ1) is 23.4. The SMILES string of the molecule is Cc1nc(C(=O)N[C@H]2CC[C@@H](NC(=O)c3cc(F)cnc3Oc3cccc(-c4ccc(CCCN5CCCNCC5)cc4)c3)CC2)cs1. The molecule has 1 aliphatic carbocycles. The molecule has 3 N–H and O–H groups in total. The summed E-state index contributed by atoms with van der Waals surface area (Å²) in [4.78, 5) is 36.8. The van der Waals surface area contributed by atoms with E-state index in [0.717, 1.165) is 80.3 Å². The van der Waals surface area contributed by atoms with E-state index in [0.29, 0.717) is 24.3 Å². The second-order valence-electron chi connectivity index (χ2n) is 12.6. The quantitative estimate of drug-likeness (QED) is 0.176. The summed E-state index contributed by atoms with van der Waals surface area (Å²) in [5.41, 5.74) is 3.81. The third-order valence-corrected chi connectivity index (χ3v) is 9.79. The molecule has 252 valence electrons. The van der Waals surface area contributed by atoms with E-state index in [1.54, 1.807) is 11.4 Å². The maximum atomic E-state index is 14.3. The molecule has 9 nitrogen and oxygen atoms in total. The normalized spacial score (nSPS) is 18.5. The van der Waals surface area contributed by atoms with Gasteiger partial charge >= 0.3 is 0 Å². The number of halogens is 1. The molecule has 1 aliphatic heterocycles. The van der Waals surface area contributed by atoms with Crippen molar-refractivity contribution < 1.29 is 18.7 Å². The first-order valence-electron chi connectivity index (χ1n) is 16.9. The van der Waals surface area contributed by atoms with E-state index < -0.39 is 11.7 Å². The molecule has 4 aromatic rings. The number of pyridine rings is 1. The maximum Gasteiger partial charge on any atom is 0.270 e. The van der Waals surface area contributed by atoms with Gasteiger partial charge in [-0.25, -0.2) is 14.4 Å². The summed E-state index contributed by atoms with van der Waals surface area (Å²) in [6.07, 6.45) is 7.24. The van der Waals surface area contributed by atoms with Gasteiger partial charge in [-0.2, -0.15) is 0 Å². The van der Waals surface area contributed by atoms with Crippen LogP contribution >= 0.6 is 11.3 Å². The van der Waals surface area contributed by atoms with E-state index in [1.165, 1.54) is 29.9 Å². The molecule has 0 unspecified atom stereocenters. The van der Waals surface area contributed by atoms with Crippen molar-refractivity contribution in [1.29, 1.82) is 0 Å². The molecule has 2 aromatic carbocycles. The van der Waals surface area contributed by atoms with E-state index in [4.69, 9.17) is 4.74 Å². The molecule has 1 saturated carbocycles. The fraction of sp³-hybridized carbons (Fsp3) is 0.405. The van der Waals surface area contributed by atoms with Crippen LogP contribution in [0.25, 0.3) is 11.1 Å². The first-order valence-corrected chi connectivity index (χ1v) is 17.8. The van der Waals surface area contributed by atoms with Gasteiger partial charge in [0.2, 0.25) is 5.88 Å². The van der Waals surface area contributed by atoms with E-state index in [2.05, 4.69) is 55.1 Å². The molecule has 2 amide bonds. The third kappa shape index (κ3) is 9.24. The molecule has 2 aliphatic rings. The highest BCUT2D eigenvalue weighted by atomic mass is 32.1. The second kappa shape index (κ2) is 16.3. The van der Waals surface area contributed by atoms with Gasteiger partial charge in [0.05, 0.1) is 11.2 Å². The second-order valence-corrected chi connectivity index (χ2v) is 13.7. The highest BCUT2D eigenvalue weighted by molar-refractivity contribution is 7.09. The van der Waals surface area contributed by atoms with Crippen molar-refractivity contribution >= 4 is 23.2 Å². The predicted octanol–water partition coefficient (Wildman–Crippen LogP) is 6.14. The molecular weight excluding hydrogens is 628 g/mol. The average molecular weight is 671 g/mol. The Morgan fingerprint density at radius 1 is 0.979 bits per heavy atom. The fourth-order valence-corrected chi connectivity index (χ4v) is 6.98. The van der Waals surface area contributed by atoms with Crippen LogP contribution in [0, 0.1) is 12.7 Å². The Kier molecular flexibility index (Phi) is 11.4. The topological polar surface area (TPSA) is 108 Å². The minimum Gasteiger partial charge on any atom is -0.438 e. The Labute approximate surface area is 285 Å². The van der Waals surface area contributed by atoms with Gasteiger partial charge in [0.1, 0.15) is 22.8 Å². The Morgan fingerprint density at radius 3 is 2.50 bits per heavy atom. The number of benzene rings is 2. The summed E-state index contributed by atoms with van der Waals surface area (Å²) in [7, 11) is 0. The van der Waals surface area contributed by atoms with Crippen molar-refractivity contribution in [2.45, 2.75) is 64.0 Å². The number of thiazole rings is 1. The molecule has 2 aromatic heterocycles. The molecule has 3 heterocycles. The summed E-state index contributed by atoms with van der Waals surface area (Å²) in [6, 6.07) is 17.3. The van der Waals surface area contributed by atoms with Crippen LogP contribution in [0.15, 0.2) is 66.2 Å². The number of aryl methyl sites for hydroxylation is 2. The number of amides is 2. The highest BCUT2D eigenvalue weighted by Gasteiger charge is 2.26. The number of hydrogen-bond acceptors (Lipinski definition) is 8. The lowest BCUT2D eigenvalue weighted by Crippen LogP contribution is -2.44. The van der Waals surface area contributed by atoms with Gasteiger partial charge < -0.3 is 25.6 Å². The Hall–Kier alpha value is -4.19. The largest absolute Gasteiger partial charge is 0.438 e. The number of carbonyl (C=O) groups excluding carboxylic acids is 2. The van der Waals surface area contributed by atoms with Crippen molar-refractivity contribution in [1.82, 2.24) is 30.8 Å². The van der Waals surface area contributed by atoms with Crippen molar-refractivity contribution in [2.24, 2.45) is 0 Å². The number of nitrogens with one attached hydrogen (secondary N) is 3. The smallest absolute Gasteiger partial charge is 0.270 e. The predicted molar refractivity (Wildman–Crippen MR) is 186 cm³/mol. The Balaban J connectivity index is 1.03. The van der Waals surface area contributed by atoms with Gasteiger partial charge in [-0.1, -0.05) is 36.4 Å². The Morgan fingerprint density at radius 2 is 1.75 bits per heavy atom. The minimum absolute atomic E-state index is 0.0120. The van der Waals surface area contributed by atoms with Gasteiger partial charge in [-0.15, -0.1) is 11.3 Å². The lowest BCUT2D eigenvalue weighted by molar-refractivity contribution is 0.0888. The van der Waals surface area contributed by atoms with Crippen LogP contribution < -0.4 is 20.7 Å². The summed E-state index contributed by atoms with van der Waals surface area (Å²) in [6.45, 7) is 7.46. The molecule has 0 atom stereocenters. The number of aromatic nitrogens is 2. The molecule has 2 fully saturated rings. The van der Waals surface area contributed by atoms with Crippen LogP contribution in [-0.2, 0) is 6.42 Å². The van der Waals surface area contributed by atoms with Crippen LogP contribution in [0.1, 0.15) is 69.9 Å². The number of hydrogen-bond donors (Lipinski definition) is 3. The molecule has 0 spiro atoms. The summed E-state index contributed by atoms with van der Waals surface area (Å²) < 4.78 is 20.4. The van der Waals surface area contributed by atoms with Gasteiger partial charge in [0.15, 0.2) is 0 Å². The lowest BCUT2D eigenvalue weighted by atomic mass is 9.91. The van der Waals surface area contributed by atoms with Crippen LogP contribution in [0.2, 0.25) is 0 Å². The number of ether oxygens (including phenoxy) is 1. The molecule has 0 radical (unpaired) electrons. The first kappa shape index (κ1) is 33.7. The van der Waals surface area contributed by atoms with Gasteiger partial charge in [0, 0.05) is 30.6 Å². The summed E-state index contributed by atoms with van der Waals surface area (Å²) in [5, 5.41) is 12.1. The number of nitrogens with zero attached hydrogens (tertiary/aromatic N) is 3. The molecule has 1 saturated heterocycles. The van der Waals surface area contributed by atoms with Gasteiger partial charge in [-0.3, -0.25) is 9.59 Å². The van der Waals surface area contributed by atoms with Crippen molar-refractivity contribution in [3.05, 3.63) is 93.8 Å². The van der Waals surface area contributed by atoms with Crippen LogP contribution in [0.3, 0.4) is 0 Å². The summed E-state index contributed by atoms with van der Waals surface area (Å²) >= 11 is 1.44. The zero-order valence-corrected chi connectivity index (χ0v) is 28.2. The Bertz CT molecular complexity index is 1680. The number of carbonyl (C=O) groups is 2. The average Bonchev–Trinajstić information content (AvgIpc) is 3.37. The standard InChI is InChI=1S/C37H43FN6O3S/c1-25-41-34(24-48-25)36(46)43-31-14-12-30(13-15-31)42-35(45)33-22-29(38)23-40-37(33)47-32-7-2-6-28(21-32)27-10-8-26(9-11-27)5-3-18-44-19-4-16-39-17-20-44/h2,6-11,21-24,30-31,39H,3-5,12-20H2,1H3,(H,42,45)(H,43,46)/t30-,31+. The van der Waals surface area contributed by atoms with Crippen LogP contribution in [0.4, 0.5) is 4.39 Å². The molecule has 0 bridgehead atoms. The van der Waals surface area contributed by atoms with Crippen molar-refractivity contribution in [3.8, 4) is 22.8 Å². The van der Waals surface area contributed by atoms with Crippen LogP contribution in [0.5, 0.6) is 11.6 Å². The summed E-state index contributed by atoms with van der Waals surface area (Å²) in [5.74, 6) is -0.688. The van der Waals surface area contributed by atoms with E-state index in [-0.39, 0.29) is 29.4 Å². The fourth-order valence-electron chi connectivity index (χ4n) is 6.39. The van der Waals surface area contributed by atoms with E-state index in [1.807, 2.05) is 25.1 Å². The molecule has 48 heavy (non-hydrogen) atoms. The van der Waals surface area contributed by atoms with E-state index in [9.17, 15) is 14.0 Å².